The Hall–Kier alpha value is -1.22. The number of halogens is 1. The first kappa shape index (κ1) is 11.3. The molecule has 0 aliphatic heterocycles. The van der Waals surface area contributed by atoms with Gasteiger partial charge in [0, 0.05) is 24.7 Å². The lowest BCUT2D eigenvalue weighted by molar-refractivity contribution is 0.541. The van der Waals surface area contributed by atoms with Crippen LogP contribution in [0.25, 0.3) is 11.0 Å². The first-order valence-electron chi connectivity index (χ1n) is 5.18. The van der Waals surface area contributed by atoms with Crippen molar-refractivity contribution in [2.75, 3.05) is 17.8 Å². The Labute approximate surface area is 100 Å². The zero-order chi connectivity index (χ0) is 11.8. The summed E-state index contributed by atoms with van der Waals surface area (Å²) < 4.78 is 5.36. The fourth-order valence-corrected chi connectivity index (χ4v) is 1.70. The number of alkyl halides is 1. The van der Waals surface area contributed by atoms with Crippen molar-refractivity contribution in [1.82, 2.24) is 4.98 Å². The number of furan rings is 1. The lowest BCUT2D eigenvalue weighted by atomic mass is 10.1. The second kappa shape index (κ2) is 3.98. The fraction of sp³-hybridized carbons (Fsp3) is 0.417. The molecule has 4 heteroatoms. The van der Waals surface area contributed by atoms with Gasteiger partial charge < -0.3 is 9.32 Å². The Kier molecular flexibility index (Phi) is 2.80. The second-order valence-corrected chi connectivity index (χ2v) is 4.74. The molecule has 0 radical (unpaired) electrons. The van der Waals surface area contributed by atoms with E-state index in [-0.39, 0.29) is 5.54 Å². The van der Waals surface area contributed by atoms with E-state index in [1.807, 2.05) is 19.2 Å². The van der Waals surface area contributed by atoms with Crippen LogP contribution in [0.3, 0.4) is 0 Å². The number of aromatic nitrogens is 1. The Bertz CT molecular complexity index is 492. The molecule has 2 heterocycles. The predicted octanol–water partition coefficient (Wildman–Crippen LogP) is 3.28. The Balaban J connectivity index is 2.51. The molecule has 0 bridgehead atoms. The summed E-state index contributed by atoms with van der Waals surface area (Å²) in [5.41, 5.74) is 0.710. The van der Waals surface area contributed by atoms with Gasteiger partial charge in [-0.1, -0.05) is 0 Å². The summed E-state index contributed by atoms with van der Waals surface area (Å²) in [7, 11) is 2.00. The van der Waals surface area contributed by atoms with Crippen molar-refractivity contribution in [3.8, 4) is 0 Å². The monoisotopic (exact) mass is 238 g/mol. The van der Waals surface area contributed by atoms with Gasteiger partial charge in [0.05, 0.1) is 11.6 Å². The lowest BCUT2D eigenvalue weighted by Crippen LogP contribution is -2.43. The van der Waals surface area contributed by atoms with Crippen molar-refractivity contribution in [3.05, 3.63) is 24.6 Å². The molecule has 0 aromatic carbocycles. The lowest BCUT2D eigenvalue weighted by Gasteiger charge is -2.35. The number of nitrogens with zero attached hydrogens (tertiary/aromatic N) is 2. The Morgan fingerprint density at radius 1 is 1.44 bits per heavy atom. The molecule has 0 aliphatic rings. The molecule has 0 amide bonds. The molecule has 2 rings (SSSR count). The van der Waals surface area contributed by atoms with Gasteiger partial charge >= 0.3 is 0 Å². The van der Waals surface area contributed by atoms with Crippen molar-refractivity contribution in [2.45, 2.75) is 19.4 Å². The minimum atomic E-state index is -0.139. The van der Waals surface area contributed by atoms with Crippen LogP contribution in [-0.4, -0.2) is 23.5 Å². The van der Waals surface area contributed by atoms with Crippen molar-refractivity contribution in [1.29, 1.82) is 0 Å². The van der Waals surface area contributed by atoms with Gasteiger partial charge in [0.25, 0.3) is 0 Å². The number of anilines is 1. The minimum Gasteiger partial charge on any atom is -0.464 e. The molecule has 0 aliphatic carbocycles. The van der Waals surface area contributed by atoms with E-state index in [9.17, 15) is 0 Å². The maximum Gasteiger partial charge on any atom is 0.139 e. The molecular weight excluding hydrogens is 224 g/mol. The van der Waals surface area contributed by atoms with Gasteiger partial charge in [0.15, 0.2) is 0 Å². The highest BCUT2D eigenvalue weighted by Crippen LogP contribution is 2.29. The van der Waals surface area contributed by atoms with E-state index in [0.717, 1.165) is 16.8 Å². The van der Waals surface area contributed by atoms with Crippen LogP contribution in [0.4, 0.5) is 5.82 Å². The van der Waals surface area contributed by atoms with Gasteiger partial charge in [-0.2, -0.15) is 0 Å². The highest BCUT2D eigenvalue weighted by Gasteiger charge is 2.25. The summed E-state index contributed by atoms with van der Waals surface area (Å²) in [5.74, 6) is 1.44. The normalized spacial score (nSPS) is 12.0. The van der Waals surface area contributed by atoms with E-state index < -0.39 is 0 Å². The molecule has 16 heavy (non-hydrogen) atoms. The molecule has 0 spiro atoms. The minimum absolute atomic E-state index is 0.139. The van der Waals surface area contributed by atoms with Gasteiger partial charge in [-0.15, -0.1) is 11.6 Å². The average Bonchev–Trinajstić information content (AvgIpc) is 2.75. The summed E-state index contributed by atoms with van der Waals surface area (Å²) in [6, 6.07) is 3.79. The van der Waals surface area contributed by atoms with Crippen LogP contribution in [0.1, 0.15) is 13.8 Å². The van der Waals surface area contributed by atoms with Crippen molar-refractivity contribution < 1.29 is 4.42 Å². The number of pyridine rings is 1. The zero-order valence-electron chi connectivity index (χ0n) is 9.70. The maximum absolute atomic E-state index is 5.97. The molecule has 86 valence electrons. The third-order valence-corrected chi connectivity index (χ3v) is 3.57. The maximum atomic E-state index is 5.97. The first-order valence-corrected chi connectivity index (χ1v) is 5.72. The standard InChI is InChI=1S/C12H15ClN2O/c1-12(2,8-13)15(3)11-9-5-7-16-10(9)4-6-14-11/h4-7H,8H2,1-3H3. The Morgan fingerprint density at radius 2 is 2.19 bits per heavy atom. The number of rotatable bonds is 3. The molecule has 2 aromatic rings. The predicted molar refractivity (Wildman–Crippen MR) is 67.2 cm³/mol. The highest BCUT2D eigenvalue weighted by atomic mass is 35.5. The summed E-state index contributed by atoms with van der Waals surface area (Å²) in [6.45, 7) is 4.17. The number of fused-ring (bicyclic) bond motifs is 1. The molecule has 0 saturated carbocycles. The van der Waals surface area contributed by atoms with Crippen LogP contribution >= 0.6 is 11.6 Å². The third-order valence-electron chi connectivity index (χ3n) is 2.91. The van der Waals surface area contributed by atoms with Crippen molar-refractivity contribution in [3.63, 3.8) is 0 Å². The Morgan fingerprint density at radius 3 is 2.88 bits per heavy atom. The highest BCUT2D eigenvalue weighted by molar-refractivity contribution is 6.18. The van der Waals surface area contributed by atoms with Crippen LogP contribution in [0, 0.1) is 0 Å². The second-order valence-electron chi connectivity index (χ2n) is 4.47. The summed E-state index contributed by atoms with van der Waals surface area (Å²) >= 11 is 5.97. The van der Waals surface area contributed by atoms with Crippen LogP contribution in [-0.2, 0) is 0 Å². The summed E-state index contributed by atoms with van der Waals surface area (Å²) in [6.07, 6.45) is 3.43. The van der Waals surface area contributed by atoms with E-state index >= 15 is 0 Å². The smallest absolute Gasteiger partial charge is 0.139 e. The summed E-state index contributed by atoms with van der Waals surface area (Å²) in [4.78, 5) is 6.48. The zero-order valence-corrected chi connectivity index (χ0v) is 10.5. The average molecular weight is 239 g/mol. The van der Waals surface area contributed by atoms with Crippen LogP contribution in [0.2, 0.25) is 0 Å². The molecule has 3 nitrogen and oxygen atoms in total. The quantitative estimate of drug-likeness (QED) is 0.769. The van der Waals surface area contributed by atoms with E-state index in [2.05, 4.69) is 23.7 Å². The van der Waals surface area contributed by atoms with Gasteiger partial charge in [0.1, 0.15) is 11.4 Å². The van der Waals surface area contributed by atoms with E-state index in [4.69, 9.17) is 16.0 Å². The molecule has 0 unspecified atom stereocenters. The first-order chi connectivity index (χ1) is 7.56. The molecule has 0 fully saturated rings. The largest absolute Gasteiger partial charge is 0.464 e. The van der Waals surface area contributed by atoms with Crippen molar-refractivity contribution >= 4 is 28.4 Å². The molecule has 2 aromatic heterocycles. The number of hydrogen-bond donors (Lipinski definition) is 0. The van der Waals surface area contributed by atoms with Gasteiger partial charge in [-0.3, -0.25) is 0 Å². The number of hydrogen-bond acceptors (Lipinski definition) is 3. The van der Waals surface area contributed by atoms with E-state index in [0.29, 0.717) is 5.88 Å². The summed E-state index contributed by atoms with van der Waals surface area (Å²) in [5, 5.41) is 1.02. The van der Waals surface area contributed by atoms with Gasteiger partial charge in [-0.05, 0) is 26.0 Å². The van der Waals surface area contributed by atoms with Crippen molar-refractivity contribution in [2.24, 2.45) is 0 Å². The third kappa shape index (κ3) is 1.76. The van der Waals surface area contributed by atoms with E-state index in [1.165, 1.54) is 0 Å². The SMILES string of the molecule is CN(c1nccc2occc12)C(C)(C)CCl. The molecule has 0 N–H and O–H groups in total. The van der Waals surface area contributed by atoms with Gasteiger partial charge in [-0.25, -0.2) is 4.98 Å². The topological polar surface area (TPSA) is 29.3 Å². The van der Waals surface area contributed by atoms with Gasteiger partial charge in [0.2, 0.25) is 0 Å². The van der Waals surface area contributed by atoms with Crippen LogP contribution in [0.5, 0.6) is 0 Å². The molecule has 0 saturated heterocycles. The van der Waals surface area contributed by atoms with Crippen LogP contribution in [0.15, 0.2) is 29.0 Å². The molecular formula is C12H15ClN2O. The van der Waals surface area contributed by atoms with Crippen LogP contribution < -0.4 is 4.90 Å². The van der Waals surface area contributed by atoms with E-state index in [1.54, 1.807) is 12.5 Å². The fourth-order valence-electron chi connectivity index (χ4n) is 1.52. The molecule has 0 atom stereocenters.